The van der Waals surface area contributed by atoms with Crippen LogP contribution in [0.25, 0.3) is 0 Å². The fourth-order valence-corrected chi connectivity index (χ4v) is 7.38. The van der Waals surface area contributed by atoms with Gasteiger partial charge in [0, 0.05) is 12.8 Å². The number of hydrogen-bond donors (Lipinski definition) is 2. The molecule has 6 atom stereocenters. The summed E-state index contributed by atoms with van der Waals surface area (Å²) in [7, 11) is 0. The Morgan fingerprint density at radius 3 is 2.62 bits per heavy atom. The fraction of sp³-hybridized carbons (Fsp3) is 0.857. The molecule has 2 N–H and O–H groups in total. The van der Waals surface area contributed by atoms with Gasteiger partial charge in [0.15, 0.2) is 5.78 Å². The molecule has 3 heteroatoms. The molecule has 0 radical (unpaired) electrons. The molecule has 0 aliphatic heterocycles. The lowest BCUT2D eigenvalue weighted by Gasteiger charge is -2.58. The van der Waals surface area contributed by atoms with Crippen LogP contribution in [0.5, 0.6) is 0 Å². The zero-order valence-electron chi connectivity index (χ0n) is 15.3. The summed E-state index contributed by atoms with van der Waals surface area (Å²) in [6.45, 7) is 7.05. The number of hydrogen-bond acceptors (Lipinski definition) is 3. The van der Waals surface area contributed by atoms with Crippen LogP contribution in [0, 0.1) is 34.5 Å². The average Bonchev–Trinajstić information content (AvgIpc) is 2.85. The molecule has 4 aliphatic rings. The minimum atomic E-state index is -2.13. The first-order chi connectivity index (χ1) is 11.2. The molecular weight excluding hydrogens is 300 g/mol. The maximum Gasteiger partial charge on any atom is 0.225 e. The van der Waals surface area contributed by atoms with Crippen molar-refractivity contribution >= 4 is 5.78 Å². The van der Waals surface area contributed by atoms with Gasteiger partial charge in [-0.2, -0.15) is 0 Å². The molecule has 4 aliphatic carbocycles. The van der Waals surface area contributed by atoms with Gasteiger partial charge in [0.05, 0.1) is 0 Å². The maximum atomic E-state index is 12.0. The van der Waals surface area contributed by atoms with Gasteiger partial charge in [-0.25, -0.2) is 0 Å². The van der Waals surface area contributed by atoms with E-state index in [0.717, 1.165) is 18.3 Å². The highest BCUT2D eigenvalue weighted by Gasteiger charge is 2.60. The molecular formula is C21H32O3. The molecule has 0 spiro atoms. The summed E-state index contributed by atoms with van der Waals surface area (Å²) in [4.78, 5) is 12.0. The van der Waals surface area contributed by atoms with Gasteiger partial charge in [-0.05, 0) is 66.6 Å². The summed E-state index contributed by atoms with van der Waals surface area (Å²) >= 11 is 0. The van der Waals surface area contributed by atoms with Crippen molar-refractivity contribution in [2.75, 3.05) is 0 Å². The minimum Gasteiger partial charge on any atom is -0.360 e. The van der Waals surface area contributed by atoms with Gasteiger partial charge in [0.25, 0.3) is 0 Å². The molecule has 0 heterocycles. The highest BCUT2D eigenvalue weighted by Crippen LogP contribution is 2.66. The predicted octanol–water partition coefficient (Wildman–Crippen LogP) is 3.84. The van der Waals surface area contributed by atoms with E-state index in [0.29, 0.717) is 17.3 Å². The highest BCUT2D eigenvalue weighted by molar-refractivity contribution is 5.89. The van der Waals surface area contributed by atoms with Gasteiger partial charge in [-0.3, -0.25) is 4.79 Å². The zero-order valence-corrected chi connectivity index (χ0v) is 15.3. The van der Waals surface area contributed by atoms with E-state index >= 15 is 0 Å². The molecule has 0 bridgehead atoms. The molecule has 24 heavy (non-hydrogen) atoms. The second-order valence-electron chi connectivity index (χ2n) is 9.58. The summed E-state index contributed by atoms with van der Waals surface area (Å²) in [5.41, 5.74) is 1.44. The van der Waals surface area contributed by atoms with E-state index in [1.54, 1.807) is 0 Å². The third-order valence-corrected chi connectivity index (χ3v) is 8.73. The smallest absolute Gasteiger partial charge is 0.225 e. The normalized spacial score (nSPS) is 49.9. The summed E-state index contributed by atoms with van der Waals surface area (Å²) in [5, 5.41) is 20.5. The first-order valence-corrected chi connectivity index (χ1v) is 9.90. The van der Waals surface area contributed by atoms with Crippen molar-refractivity contribution in [3.8, 4) is 0 Å². The summed E-state index contributed by atoms with van der Waals surface area (Å²) in [5.74, 6) is 0.217. The van der Waals surface area contributed by atoms with E-state index < -0.39 is 11.6 Å². The minimum absolute atomic E-state index is 0.187. The number of fused-ring (bicyclic) bond motifs is 5. The number of Topliss-reactive ketones (excluding diaryl/α,β-unsaturated/α-hetero) is 1. The first kappa shape index (κ1) is 16.8. The molecule has 4 rings (SSSR count). The molecule has 0 saturated heterocycles. The van der Waals surface area contributed by atoms with Crippen molar-refractivity contribution in [1.29, 1.82) is 0 Å². The molecule has 134 valence electrons. The molecule has 0 amide bonds. The van der Waals surface area contributed by atoms with E-state index in [1.807, 2.05) is 0 Å². The van der Waals surface area contributed by atoms with Gasteiger partial charge in [-0.15, -0.1) is 0 Å². The summed E-state index contributed by atoms with van der Waals surface area (Å²) in [6.07, 6.45) is 10.2. The molecule has 3 fully saturated rings. The van der Waals surface area contributed by atoms with Gasteiger partial charge < -0.3 is 10.2 Å². The second-order valence-corrected chi connectivity index (χ2v) is 9.58. The SMILES string of the molecule is CC[C@@H]1CC[C@H]2[C@@H]3CC=C4CC(=O)C(O)(O)C[C@]4(C)[C@H]3CC[C@]12C. The number of rotatable bonds is 1. The topological polar surface area (TPSA) is 57.5 Å². The Hall–Kier alpha value is -0.670. The van der Waals surface area contributed by atoms with Crippen LogP contribution >= 0.6 is 0 Å². The third kappa shape index (κ3) is 2.07. The van der Waals surface area contributed by atoms with Crippen LogP contribution < -0.4 is 0 Å². The van der Waals surface area contributed by atoms with Gasteiger partial charge in [0.2, 0.25) is 5.79 Å². The Morgan fingerprint density at radius 2 is 1.92 bits per heavy atom. The third-order valence-electron chi connectivity index (χ3n) is 8.73. The first-order valence-electron chi connectivity index (χ1n) is 9.90. The lowest BCUT2D eigenvalue weighted by Crippen LogP contribution is -2.56. The fourth-order valence-electron chi connectivity index (χ4n) is 7.38. The standard InChI is InChI=1S/C21H32O3/c1-4-13-6-8-16-15-7-5-14-11-18(22)21(23,24)12-20(14,3)17(15)9-10-19(13,16)2/h5,13,15-17,23-24H,4,6-12H2,1-3H3/t13-,15+,16+,17+,19-,20+/m1/s1. The van der Waals surface area contributed by atoms with Crippen molar-refractivity contribution in [3.05, 3.63) is 11.6 Å². The van der Waals surface area contributed by atoms with Crippen LogP contribution in [-0.4, -0.2) is 21.8 Å². The lowest BCUT2D eigenvalue weighted by atomic mass is 9.47. The second kappa shape index (κ2) is 5.17. The van der Waals surface area contributed by atoms with Crippen LogP contribution in [0.2, 0.25) is 0 Å². The summed E-state index contributed by atoms with van der Waals surface area (Å²) in [6, 6.07) is 0. The van der Waals surface area contributed by atoms with Crippen LogP contribution in [0.15, 0.2) is 11.6 Å². The van der Waals surface area contributed by atoms with E-state index in [9.17, 15) is 15.0 Å². The Labute approximate surface area is 145 Å². The number of ketones is 1. The lowest BCUT2D eigenvalue weighted by molar-refractivity contribution is -0.205. The number of allylic oxidation sites excluding steroid dienone is 2. The zero-order chi connectivity index (χ0) is 17.3. The van der Waals surface area contributed by atoms with Crippen LogP contribution in [0.4, 0.5) is 0 Å². The molecule has 0 unspecified atom stereocenters. The van der Waals surface area contributed by atoms with Crippen molar-refractivity contribution in [3.63, 3.8) is 0 Å². The van der Waals surface area contributed by atoms with Crippen LogP contribution in [0.3, 0.4) is 0 Å². The Kier molecular flexibility index (Phi) is 3.61. The number of aliphatic hydroxyl groups is 2. The molecule has 0 aromatic carbocycles. The van der Waals surface area contributed by atoms with Gasteiger partial charge >= 0.3 is 0 Å². The average molecular weight is 332 g/mol. The van der Waals surface area contributed by atoms with Gasteiger partial charge in [-0.1, -0.05) is 38.8 Å². The molecule has 0 aromatic rings. The summed E-state index contributed by atoms with van der Waals surface area (Å²) < 4.78 is 0. The van der Waals surface area contributed by atoms with Gasteiger partial charge in [0.1, 0.15) is 0 Å². The van der Waals surface area contributed by atoms with Crippen molar-refractivity contribution in [1.82, 2.24) is 0 Å². The molecule has 0 aromatic heterocycles. The monoisotopic (exact) mass is 332 g/mol. The number of carbonyl (C=O) groups excluding carboxylic acids is 1. The van der Waals surface area contributed by atoms with E-state index in [1.165, 1.54) is 37.7 Å². The van der Waals surface area contributed by atoms with Crippen molar-refractivity contribution in [2.45, 2.75) is 77.9 Å². The maximum absolute atomic E-state index is 12.0. The predicted molar refractivity (Wildman–Crippen MR) is 93.0 cm³/mol. The van der Waals surface area contributed by atoms with E-state index in [-0.39, 0.29) is 18.3 Å². The number of carbonyl (C=O) groups is 1. The Bertz CT molecular complexity index is 592. The Morgan fingerprint density at radius 1 is 1.17 bits per heavy atom. The van der Waals surface area contributed by atoms with E-state index in [4.69, 9.17) is 0 Å². The Balaban J connectivity index is 1.69. The van der Waals surface area contributed by atoms with Crippen molar-refractivity contribution < 1.29 is 15.0 Å². The van der Waals surface area contributed by atoms with Crippen molar-refractivity contribution in [2.24, 2.45) is 34.5 Å². The van der Waals surface area contributed by atoms with Crippen LogP contribution in [0.1, 0.15) is 72.1 Å². The highest BCUT2D eigenvalue weighted by atomic mass is 16.5. The molecule has 3 saturated carbocycles. The van der Waals surface area contributed by atoms with Crippen LogP contribution in [-0.2, 0) is 4.79 Å². The quantitative estimate of drug-likeness (QED) is 0.567. The van der Waals surface area contributed by atoms with E-state index in [2.05, 4.69) is 26.8 Å². The largest absolute Gasteiger partial charge is 0.360 e. The molecule has 3 nitrogen and oxygen atoms in total.